The molecule has 0 amide bonds. The number of phenols is 1. The molecule has 0 aliphatic heterocycles. The minimum Gasteiger partial charge on any atom is -0.508 e. The number of aromatic hydroxyl groups is 2. The Kier molecular flexibility index (Phi) is 3.25. The van der Waals surface area contributed by atoms with Crippen molar-refractivity contribution in [3.05, 3.63) is 52.7 Å². The molecule has 1 aromatic heterocycles. The quantitative estimate of drug-likeness (QED) is 0.760. The van der Waals surface area contributed by atoms with Gasteiger partial charge in [0.25, 0.3) is 0 Å². The zero-order valence-corrected chi connectivity index (χ0v) is 12.2. The zero-order valence-electron chi connectivity index (χ0n) is 12.2. The lowest BCUT2D eigenvalue weighted by Gasteiger charge is -2.13. The van der Waals surface area contributed by atoms with Gasteiger partial charge >= 0.3 is 0 Å². The molecule has 0 bridgehead atoms. The van der Waals surface area contributed by atoms with Crippen LogP contribution in [-0.4, -0.2) is 24.3 Å². The molecule has 0 fully saturated rings. The molecule has 22 heavy (non-hydrogen) atoms. The average Bonchev–Trinajstić information content (AvgIpc) is 2.51. The molecule has 5 nitrogen and oxygen atoms in total. The normalized spacial score (nSPS) is 10.8. The van der Waals surface area contributed by atoms with Gasteiger partial charge in [0.2, 0.25) is 11.2 Å². The van der Waals surface area contributed by atoms with E-state index in [9.17, 15) is 15.0 Å². The molecule has 112 valence electrons. The first-order chi connectivity index (χ1) is 10.5. The molecule has 1 heterocycles. The third-order valence-electron chi connectivity index (χ3n) is 3.50. The van der Waals surface area contributed by atoms with Crippen molar-refractivity contribution in [1.29, 1.82) is 0 Å². The first-order valence-electron chi connectivity index (χ1n) is 6.74. The maximum Gasteiger partial charge on any atom is 0.235 e. The van der Waals surface area contributed by atoms with Gasteiger partial charge in [-0.25, -0.2) is 0 Å². The lowest BCUT2D eigenvalue weighted by atomic mass is 10.1. The Hall–Kier alpha value is -2.95. The molecule has 3 aromatic rings. The SMILES string of the molecule is CN(C)c1ccc2oc(-c3ccc(O)cc3)c(O)c(=O)c2c1. The Balaban J connectivity index is 2.26. The third kappa shape index (κ3) is 2.26. The minimum atomic E-state index is -0.479. The van der Waals surface area contributed by atoms with Gasteiger partial charge in [0, 0.05) is 25.3 Å². The van der Waals surface area contributed by atoms with Crippen molar-refractivity contribution in [3.63, 3.8) is 0 Å². The van der Waals surface area contributed by atoms with E-state index in [1.54, 1.807) is 24.3 Å². The van der Waals surface area contributed by atoms with Gasteiger partial charge < -0.3 is 19.5 Å². The van der Waals surface area contributed by atoms with E-state index in [1.165, 1.54) is 12.1 Å². The summed E-state index contributed by atoms with van der Waals surface area (Å²) in [4.78, 5) is 14.3. The molecule has 0 saturated carbocycles. The van der Waals surface area contributed by atoms with Crippen LogP contribution >= 0.6 is 0 Å². The number of phenolic OH excluding ortho intramolecular Hbond substituents is 1. The fraction of sp³-hybridized carbons (Fsp3) is 0.118. The first kappa shape index (κ1) is 14.0. The van der Waals surface area contributed by atoms with E-state index in [4.69, 9.17) is 4.42 Å². The molecule has 0 aliphatic carbocycles. The molecule has 0 unspecified atom stereocenters. The molecular weight excluding hydrogens is 282 g/mol. The van der Waals surface area contributed by atoms with Gasteiger partial charge in [0.05, 0.1) is 5.39 Å². The summed E-state index contributed by atoms with van der Waals surface area (Å²) < 4.78 is 5.68. The van der Waals surface area contributed by atoms with Gasteiger partial charge in [-0.15, -0.1) is 0 Å². The Labute approximate surface area is 126 Å². The number of hydrogen-bond acceptors (Lipinski definition) is 5. The van der Waals surface area contributed by atoms with Crippen LogP contribution in [0.25, 0.3) is 22.3 Å². The molecule has 2 aromatic carbocycles. The van der Waals surface area contributed by atoms with Crippen LogP contribution in [-0.2, 0) is 0 Å². The summed E-state index contributed by atoms with van der Waals surface area (Å²) in [7, 11) is 3.74. The van der Waals surface area contributed by atoms with Gasteiger partial charge in [-0.3, -0.25) is 4.79 Å². The van der Waals surface area contributed by atoms with Gasteiger partial charge in [-0.2, -0.15) is 0 Å². The van der Waals surface area contributed by atoms with Crippen molar-refractivity contribution in [2.75, 3.05) is 19.0 Å². The molecular formula is C17H15NO4. The molecule has 0 aliphatic rings. The monoisotopic (exact) mass is 297 g/mol. The topological polar surface area (TPSA) is 73.9 Å². The fourth-order valence-electron chi connectivity index (χ4n) is 2.26. The lowest BCUT2D eigenvalue weighted by molar-refractivity contribution is 0.449. The van der Waals surface area contributed by atoms with Crippen LogP contribution < -0.4 is 10.3 Å². The summed E-state index contributed by atoms with van der Waals surface area (Å²) >= 11 is 0. The van der Waals surface area contributed by atoms with E-state index >= 15 is 0 Å². The minimum absolute atomic E-state index is 0.0927. The molecule has 0 atom stereocenters. The predicted molar refractivity (Wildman–Crippen MR) is 85.6 cm³/mol. The van der Waals surface area contributed by atoms with E-state index in [0.717, 1.165) is 5.69 Å². The second-order valence-electron chi connectivity index (χ2n) is 5.23. The summed E-state index contributed by atoms with van der Waals surface area (Å²) in [6.07, 6.45) is 0. The number of benzene rings is 2. The Bertz CT molecular complexity index is 895. The number of rotatable bonds is 2. The molecule has 0 spiro atoms. The summed E-state index contributed by atoms with van der Waals surface area (Å²) in [6.45, 7) is 0. The molecule has 5 heteroatoms. The zero-order chi connectivity index (χ0) is 15.9. The number of nitrogens with zero attached hydrogens (tertiary/aromatic N) is 1. The predicted octanol–water partition coefficient (Wildman–Crippen LogP) is 2.94. The van der Waals surface area contributed by atoms with E-state index in [0.29, 0.717) is 16.5 Å². The highest BCUT2D eigenvalue weighted by Gasteiger charge is 2.15. The average molecular weight is 297 g/mol. The van der Waals surface area contributed by atoms with Gasteiger partial charge in [-0.1, -0.05) is 0 Å². The van der Waals surface area contributed by atoms with E-state index in [1.807, 2.05) is 25.1 Å². The summed E-state index contributed by atoms with van der Waals surface area (Å²) in [5.74, 6) is -0.244. The number of anilines is 1. The second-order valence-corrected chi connectivity index (χ2v) is 5.23. The highest BCUT2D eigenvalue weighted by molar-refractivity contribution is 5.84. The van der Waals surface area contributed by atoms with Crippen LogP contribution in [0.2, 0.25) is 0 Å². The highest BCUT2D eigenvalue weighted by Crippen LogP contribution is 2.31. The Morgan fingerprint density at radius 3 is 2.32 bits per heavy atom. The standard InChI is InChI=1S/C17H15NO4/c1-18(2)11-5-8-14-13(9-11)15(20)16(21)17(22-14)10-3-6-12(19)7-4-10/h3-9,19,21H,1-2H3. The maximum atomic E-state index is 12.4. The number of hydrogen-bond donors (Lipinski definition) is 2. The number of fused-ring (bicyclic) bond motifs is 1. The van der Waals surface area contributed by atoms with E-state index in [-0.39, 0.29) is 11.5 Å². The summed E-state index contributed by atoms with van der Waals surface area (Å²) in [5.41, 5.74) is 1.28. The van der Waals surface area contributed by atoms with Crippen LogP contribution in [0.15, 0.2) is 51.7 Å². The Morgan fingerprint density at radius 2 is 1.68 bits per heavy atom. The Morgan fingerprint density at radius 1 is 1.00 bits per heavy atom. The van der Waals surface area contributed by atoms with Gasteiger partial charge in [0.15, 0.2) is 5.76 Å². The largest absolute Gasteiger partial charge is 0.508 e. The highest BCUT2D eigenvalue weighted by atomic mass is 16.4. The molecule has 2 N–H and O–H groups in total. The lowest BCUT2D eigenvalue weighted by Crippen LogP contribution is -2.10. The van der Waals surface area contributed by atoms with Gasteiger partial charge in [-0.05, 0) is 42.5 Å². The van der Waals surface area contributed by atoms with Crippen molar-refractivity contribution in [1.82, 2.24) is 0 Å². The van der Waals surface area contributed by atoms with Crippen LogP contribution in [0, 0.1) is 0 Å². The van der Waals surface area contributed by atoms with Crippen LogP contribution in [0.3, 0.4) is 0 Å². The first-order valence-corrected chi connectivity index (χ1v) is 6.74. The fourth-order valence-corrected chi connectivity index (χ4v) is 2.26. The molecule has 0 saturated heterocycles. The maximum absolute atomic E-state index is 12.4. The van der Waals surface area contributed by atoms with E-state index < -0.39 is 11.2 Å². The summed E-state index contributed by atoms with van der Waals surface area (Å²) in [5, 5.41) is 19.8. The second kappa shape index (κ2) is 5.11. The van der Waals surface area contributed by atoms with Crippen molar-refractivity contribution in [3.8, 4) is 22.8 Å². The van der Waals surface area contributed by atoms with Crippen molar-refractivity contribution >= 4 is 16.7 Å². The molecule has 3 rings (SSSR count). The van der Waals surface area contributed by atoms with Crippen molar-refractivity contribution < 1.29 is 14.6 Å². The van der Waals surface area contributed by atoms with Crippen LogP contribution in [0.5, 0.6) is 11.5 Å². The van der Waals surface area contributed by atoms with Crippen LogP contribution in [0.4, 0.5) is 5.69 Å². The smallest absolute Gasteiger partial charge is 0.235 e. The van der Waals surface area contributed by atoms with Crippen molar-refractivity contribution in [2.45, 2.75) is 0 Å². The van der Waals surface area contributed by atoms with E-state index in [2.05, 4.69) is 0 Å². The van der Waals surface area contributed by atoms with Crippen LogP contribution in [0.1, 0.15) is 0 Å². The van der Waals surface area contributed by atoms with Crippen molar-refractivity contribution in [2.24, 2.45) is 0 Å². The summed E-state index contributed by atoms with van der Waals surface area (Å²) in [6, 6.07) is 11.3. The van der Waals surface area contributed by atoms with Gasteiger partial charge in [0.1, 0.15) is 11.3 Å². The third-order valence-corrected chi connectivity index (χ3v) is 3.50. The molecule has 0 radical (unpaired) electrons.